The van der Waals surface area contributed by atoms with Crippen LogP contribution in [-0.4, -0.2) is 101 Å². The average molecular weight is 1150 g/mol. The van der Waals surface area contributed by atoms with Gasteiger partial charge in [0.25, 0.3) is 23.6 Å². The van der Waals surface area contributed by atoms with Crippen LogP contribution in [0.3, 0.4) is 0 Å². The van der Waals surface area contributed by atoms with Crippen molar-refractivity contribution in [3.63, 3.8) is 0 Å². The highest BCUT2D eigenvalue weighted by Crippen LogP contribution is 2.40. The first-order chi connectivity index (χ1) is 36.6. The van der Waals surface area contributed by atoms with Gasteiger partial charge >= 0.3 is 0 Å². The van der Waals surface area contributed by atoms with Crippen LogP contribution >= 0.6 is 31.9 Å². The Hall–Kier alpha value is -7.64. The quantitative estimate of drug-likeness (QED) is 0.0831. The van der Waals surface area contributed by atoms with E-state index in [1.165, 1.54) is 9.80 Å². The number of halogens is 2. The van der Waals surface area contributed by atoms with E-state index in [0.29, 0.717) is 34.2 Å². The third-order valence-electron chi connectivity index (χ3n) is 14.1. The molecule has 0 fully saturated rings. The van der Waals surface area contributed by atoms with Crippen LogP contribution < -0.4 is 50.3 Å². The molecule has 0 bridgehead atoms. The minimum absolute atomic E-state index is 0.0440. The monoisotopic (exact) mass is 1150 g/mol. The SMILES string of the molecule is CN[C@@H](C)C(=O)N[C@H]1CN(C(=O)c2ccc(C(=O)N3C[C@H](NC(=O)[C@H](C)NC)C(=O)N(Cc4c(OC)ccc5cc(Br)ccc45)c4ccccc43)cc2)c2ccccc2N(Cc2c(OC)ccc3cc(Br)ccc23)C1=O. The Morgan fingerprint density at radius 2 is 0.908 bits per heavy atom. The molecule has 0 saturated carbocycles. The lowest BCUT2D eigenvalue weighted by molar-refractivity contribution is -0.128. The van der Waals surface area contributed by atoms with Gasteiger partial charge in [-0.05, 0) is 134 Å². The normalized spacial score (nSPS) is 16.3. The number of carbonyl (C=O) groups excluding carboxylic acids is 6. The molecule has 7 aromatic rings. The Bertz CT molecular complexity index is 3210. The maximum absolute atomic E-state index is 15.1. The van der Waals surface area contributed by atoms with E-state index in [1.807, 2.05) is 60.7 Å². The molecular formula is C58H56Br2N8O8. The molecule has 0 radical (unpaired) electrons. The number of hydrogen-bond donors (Lipinski definition) is 4. The highest BCUT2D eigenvalue weighted by molar-refractivity contribution is 9.10. The molecule has 390 valence electrons. The van der Waals surface area contributed by atoms with Gasteiger partial charge in [0.15, 0.2) is 0 Å². The fraction of sp³-hybridized carbons (Fsp3) is 0.241. The maximum atomic E-state index is 15.1. The number of anilines is 4. The predicted octanol–water partition coefficient (Wildman–Crippen LogP) is 8.11. The number of hydrogen-bond acceptors (Lipinski definition) is 10. The van der Waals surface area contributed by atoms with Crippen LogP contribution in [0.25, 0.3) is 21.5 Å². The highest BCUT2D eigenvalue weighted by atomic mass is 79.9. The molecular weight excluding hydrogens is 1100 g/mol. The topological polar surface area (TPSA) is 182 Å². The summed E-state index contributed by atoms with van der Waals surface area (Å²) in [6.45, 7) is 3.00. The van der Waals surface area contributed by atoms with Gasteiger partial charge < -0.3 is 50.3 Å². The third-order valence-corrected chi connectivity index (χ3v) is 15.1. The number of carbonyl (C=O) groups is 6. The summed E-state index contributed by atoms with van der Waals surface area (Å²) in [5.41, 5.74) is 3.57. The number of benzene rings is 7. The fourth-order valence-electron chi connectivity index (χ4n) is 9.74. The van der Waals surface area contributed by atoms with Crippen molar-refractivity contribution in [2.24, 2.45) is 0 Å². The van der Waals surface area contributed by atoms with E-state index >= 15 is 9.59 Å². The Morgan fingerprint density at radius 1 is 0.539 bits per heavy atom. The number of likely N-dealkylation sites (N-methyl/N-ethyl adjacent to an activating group) is 2. The highest BCUT2D eigenvalue weighted by Gasteiger charge is 2.40. The number of amides is 6. The van der Waals surface area contributed by atoms with Gasteiger partial charge in [-0.25, -0.2) is 0 Å². The molecule has 4 atom stereocenters. The number of para-hydroxylation sites is 4. The zero-order valence-electron chi connectivity index (χ0n) is 42.7. The van der Waals surface area contributed by atoms with E-state index < -0.39 is 59.6 Å². The summed E-state index contributed by atoms with van der Waals surface area (Å²) in [4.78, 5) is 93.4. The number of nitrogens with zero attached hydrogens (tertiary/aromatic N) is 4. The Labute approximate surface area is 456 Å². The molecule has 18 heteroatoms. The first-order valence-electron chi connectivity index (χ1n) is 24.6. The number of nitrogens with one attached hydrogen (secondary N) is 4. The van der Waals surface area contributed by atoms with E-state index in [4.69, 9.17) is 9.47 Å². The van der Waals surface area contributed by atoms with Crippen molar-refractivity contribution >= 4 is 112 Å². The summed E-state index contributed by atoms with van der Waals surface area (Å²) >= 11 is 7.14. The summed E-state index contributed by atoms with van der Waals surface area (Å²) in [6, 6.07) is 35.9. The van der Waals surface area contributed by atoms with Crippen LogP contribution in [-0.2, 0) is 32.3 Å². The molecule has 2 aliphatic rings. The van der Waals surface area contributed by atoms with Crippen LogP contribution in [0.4, 0.5) is 22.7 Å². The Balaban J connectivity index is 1.07. The molecule has 0 unspecified atom stereocenters. The zero-order chi connectivity index (χ0) is 53.9. The minimum atomic E-state index is -1.19. The molecule has 2 aliphatic heterocycles. The summed E-state index contributed by atoms with van der Waals surface area (Å²) < 4.78 is 13.5. The second-order valence-corrected chi connectivity index (χ2v) is 20.4. The summed E-state index contributed by atoms with van der Waals surface area (Å²) in [7, 11) is 6.42. The molecule has 9 rings (SSSR count). The van der Waals surface area contributed by atoms with Gasteiger partial charge in [0.2, 0.25) is 11.8 Å². The molecule has 0 aliphatic carbocycles. The van der Waals surface area contributed by atoms with Gasteiger partial charge in [-0.1, -0.05) is 80.4 Å². The Kier molecular flexibility index (Phi) is 15.9. The smallest absolute Gasteiger partial charge is 0.258 e. The van der Waals surface area contributed by atoms with E-state index in [0.717, 1.165) is 41.6 Å². The molecule has 16 nitrogen and oxygen atoms in total. The van der Waals surface area contributed by atoms with Crippen molar-refractivity contribution < 1.29 is 38.2 Å². The van der Waals surface area contributed by atoms with Crippen LogP contribution in [0.1, 0.15) is 45.7 Å². The summed E-state index contributed by atoms with van der Waals surface area (Å²) in [6.07, 6.45) is 0. The third kappa shape index (κ3) is 10.5. The maximum Gasteiger partial charge on any atom is 0.258 e. The second kappa shape index (κ2) is 22.7. The Morgan fingerprint density at radius 3 is 1.26 bits per heavy atom. The first kappa shape index (κ1) is 53.2. The van der Waals surface area contributed by atoms with Crippen molar-refractivity contribution in [2.45, 2.75) is 51.1 Å². The molecule has 2 heterocycles. The lowest BCUT2D eigenvalue weighted by Crippen LogP contribution is -2.55. The number of methoxy groups -OCH3 is 2. The van der Waals surface area contributed by atoms with Gasteiger partial charge in [-0.2, -0.15) is 0 Å². The lowest BCUT2D eigenvalue weighted by Gasteiger charge is -2.27. The number of fused-ring (bicyclic) bond motifs is 4. The molecule has 7 aromatic carbocycles. The molecule has 0 spiro atoms. The second-order valence-electron chi connectivity index (χ2n) is 18.6. The van der Waals surface area contributed by atoms with Gasteiger partial charge in [-0.3, -0.25) is 28.8 Å². The van der Waals surface area contributed by atoms with Crippen molar-refractivity contribution in [3.8, 4) is 11.5 Å². The van der Waals surface area contributed by atoms with Gasteiger partial charge in [0.1, 0.15) is 23.6 Å². The van der Waals surface area contributed by atoms with Crippen LogP contribution in [0.5, 0.6) is 11.5 Å². The van der Waals surface area contributed by atoms with Crippen molar-refractivity contribution in [2.75, 3.05) is 61.0 Å². The largest absolute Gasteiger partial charge is 0.496 e. The van der Waals surface area contributed by atoms with Gasteiger partial charge in [0.05, 0.1) is 75.2 Å². The van der Waals surface area contributed by atoms with Crippen LogP contribution in [0.2, 0.25) is 0 Å². The first-order valence-corrected chi connectivity index (χ1v) is 26.2. The van der Waals surface area contributed by atoms with Crippen molar-refractivity contribution in [1.29, 1.82) is 0 Å². The number of rotatable bonds is 14. The minimum Gasteiger partial charge on any atom is -0.496 e. The molecule has 0 saturated heterocycles. The molecule has 6 amide bonds. The van der Waals surface area contributed by atoms with Gasteiger partial charge in [-0.15, -0.1) is 0 Å². The van der Waals surface area contributed by atoms with E-state index in [1.54, 1.807) is 125 Å². The van der Waals surface area contributed by atoms with E-state index in [-0.39, 0.29) is 37.3 Å². The van der Waals surface area contributed by atoms with E-state index in [2.05, 4.69) is 53.1 Å². The summed E-state index contributed by atoms with van der Waals surface area (Å²) in [5.74, 6) is -1.62. The van der Waals surface area contributed by atoms with Crippen LogP contribution in [0, 0.1) is 0 Å². The standard InChI is InChI=1S/C58H56Br2N8O8/c1-33(61-3)53(69)63-45-31-67(49-13-9-7-11-47(49)65(57(45)73)29-43-41-23-21-39(59)27-37(41)19-25-51(43)75-5)55(71)35-15-17-36(18-16-35)56(72)68-32-46(64-54(70)34(2)62-4)58(74)66(48-12-8-10-14-50(48)68)30-44-42-24-22-40(60)28-38(42)20-26-52(44)76-6/h7-28,33-34,45-46,61-62H,29-32H2,1-6H3,(H,63,69)(H,64,70)/t33-,34-,45-,46-/m0/s1. The molecule has 4 N–H and O–H groups in total. The molecule has 0 aromatic heterocycles. The lowest BCUT2D eigenvalue weighted by atomic mass is 10.0. The van der Waals surface area contributed by atoms with E-state index in [9.17, 15) is 19.2 Å². The van der Waals surface area contributed by atoms with Crippen LogP contribution in [0.15, 0.2) is 142 Å². The van der Waals surface area contributed by atoms with Crippen molar-refractivity contribution in [3.05, 3.63) is 165 Å². The number of ether oxygens (including phenoxy) is 2. The zero-order valence-corrected chi connectivity index (χ0v) is 45.8. The van der Waals surface area contributed by atoms with Crippen molar-refractivity contribution in [1.82, 2.24) is 21.3 Å². The predicted molar refractivity (Wildman–Crippen MR) is 302 cm³/mol. The van der Waals surface area contributed by atoms with Gasteiger partial charge in [0, 0.05) is 31.2 Å². The average Bonchev–Trinajstić information content (AvgIpc) is 3.62. The fourth-order valence-corrected chi connectivity index (χ4v) is 10.5. The summed E-state index contributed by atoms with van der Waals surface area (Å²) in [5, 5.41) is 15.2. The molecule has 76 heavy (non-hydrogen) atoms.